The quantitative estimate of drug-likeness (QED) is 0.682. The number of morpholine rings is 1. The van der Waals surface area contributed by atoms with Crippen LogP contribution in [0.2, 0.25) is 0 Å². The number of alkyl halides is 1. The zero-order chi connectivity index (χ0) is 9.52. The SMILES string of the molecule is COC[C@@H]1CN(CCCCl)CCO1.Cl. The summed E-state index contributed by atoms with van der Waals surface area (Å²) in [7, 11) is 1.71. The van der Waals surface area contributed by atoms with Crippen LogP contribution in [0.3, 0.4) is 0 Å². The summed E-state index contributed by atoms with van der Waals surface area (Å²) in [5.74, 6) is 0.742. The minimum Gasteiger partial charge on any atom is -0.382 e. The van der Waals surface area contributed by atoms with Gasteiger partial charge in [0.25, 0.3) is 0 Å². The average molecular weight is 244 g/mol. The molecule has 0 aromatic rings. The Morgan fingerprint density at radius 3 is 3.00 bits per heavy atom. The van der Waals surface area contributed by atoms with Gasteiger partial charge in [0.15, 0.2) is 0 Å². The molecule has 0 aliphatic carbocycles. The van der Waals surface area contributed by atoms with E-state index in [2.05, 4.69) is 4.90 Å². The van der Waals surface area contributed by atoms with Crippen LogP contribution in [-0.2, 0) is 9.47 Å². The highest BCUT2D eigenvalue weighted by Gasteiger charge is 2.19. The molecular weight excluding hydrogens is 225 g/mol. The summed E-state index contributed by atoms with van der Waals surface area (Å²) in [6, 6.07) is 0. The Kier molecular flexibility index (Phi) is 9.03. The molecular formula is C9H19Cl2NO2. The van der Waals surface area contributed by atoms with Crippen molar-refractivity contribution in [3.63, 3.8) is 0 Å². The lowest BCUT2D eigenvalue weighted by Gasteiger charge is -2.32. The van der Waals surface area contributed by atoms with Gasteiger partial charge in [-0.05, 0) is 13.0 Å². The molecule has 0 radical (unpaired) electrons. The molecule has 0 unspecified atom stereocenters. The summed E-state index contributed by atoms with van der Waals surface area (Å²) < 4.78 is 10.6. The molecule has 0 spiro atoms. The maximum absolute atomic E-state index is 5.64. The molecule has 1 saturated heterocycles. The van der Waals surface area contributed by atoms with Gasteiger partial charge in [0.05, 0.1) is 19.3 Å². The van der Waals surface area contributed by atoms with Gasteiger partial charge in [-0.1, -0.05) is 0 Å². The fourth-order valence-corrected chi connectivity index (χ4v) is 1.67. The zero-order valence-electron chi connectivity index (χ0n) is 8.58. The summed E-state index contributed by atoms with van der Waals surface area (Å²) in [5.41, 5.74) is 0. The second kappa shape index (κ2) is 8.74. The van der Waals surface area contributed by atoms with E-state index in [0.717, 1.165) is 38.5 Å². The van der Waals surface area contributed by atoms with Crippen LogP contribution in [0.1, 0.15) is 6.42 Å². The van der Waals surface area contributed by atoms with Gasteiger partial charge in [-0.3, -0.25) is 4.90 Å². The van der Waals surface area contributed by atoms with Crippen molar-refractivity contribution in [2.45, 2.75) is 12.5 Å². The van der Waals surface area contributed by atoms with Crippen LogP contribution in [0.5, 0.6) is 0 Å². The van der Waals surface area contributed by atoms with E-state index in [-0.39, 0.29) is 18.5 Å². The largest absolute Gasteiger partial charge is 0.382 e. The van der Waals surface area contributed by atoms with Crippen molar-refractivity contribution in [2.75, 3.05) is 45.8 Å². The predicted molar refractivity (Wildman–Crippen MR) is 60.6 cm³/mol. The van der Waals surface area contributed by atoms with Gasteiger partial charge >= 0.3 is 0 Å². The van der Waals surface area contributed by atoms with Crippen molar-refractivity contribution in [2.24, 2.45) is 0 Å². The molecule has 0 saturated carbocycles. The predicted octanol–water partition coefficient (Wildman–Crippen LogP) is 1.38. The Morgan fingerprint density at radius 2 is 2.36 bits per heavy atom. The van der Waals surface area contributed by atoms with Gasteiger partial charge in [0, 0.05) is 26.1 Å². The summed E-state index contributed by atoms with van der Waals surface area (Å²) >= 11 is 5.64. The molecule has 1 aliphatic rings. The van der Waals surface area contributed by atoms with Crippen LogP contribution >= 0.6 is 24.0 Å². The zero-order valence-corrected chi connectivity index (χ0v) is 10.1. The third kappa shape index (κ3) is 5.37. The van der Waals surface area contributed by atoms with E-state index in [1.54, 1.807) is 7.11 Å². The molecule has 1 rings (SSSR count). The summed E-state index contributed by atoms with van der Waals surface area (Å²) in [5, 5.41) is 0. The fourth-order valence-electron chi connectivity index (χ4n) is 1.55. The lowest BCUT2D eigenvalue weighted by atomic mass is 10.2. The maximum atomic E-state index is 5.64. The Hall–Kier alpha value is 0.460. The fraction of sp³-hybridized carbons (Fsp3) is 1.00. The first-order chi connectivity index (χ1) is 6.36. The number of halogens is 2. The van der Waals surface area contributed by atoms with Gasteiger partial charge in [-0.2, -0.15) is 0 Å². The lowest BCUT2D eigenvalue weighted by molar-refractivity contribution is -0.0607. The van der Waals surface area contributed by atoms with Crippen molar-refractivity contribution < 1.29 is 9.47 Å². The van der Waals surface area contributed by atoms with Crippen molar-refractivity contribution >= 4 is 24.0 Å². The highest BCUT2D eigenvalue weighted by atomic mass is 35.5. The molecule has 86 valence electrons. The highest BCUT2D eigenvalue weighted by molar-refractivity contribution is 6.17. The molecule has 14 heavy (non-hydrogen) atoms. The smallest absolute Gasteiger partial charge is 0.0935 e. The minimum absolute atomic E-state index is 0. The first kappa shape index (κ1) is 14.5. The molecule has 1 fully saturated rings. The first-order valence-electron chi connectivity index (χ1n) is 4.75. The standard InChI is InChI=1S/C9H18ClNO2.ClH/c1-12-8-9-7-11(4-2-3-10)5-6-13-9;/h9H,2-8H2,1H3;1H/t9-;/m0./s1. The van der Waals surface area contributed by atoms with Gasteiger partial charge < -0.3 is 9.47 Å². The van der Waals surface area contributed by atoms with E-state index in [1.165, 1.54) is 0 Å². The Bertz CT molecular complexity index is 136. The number of ether oxygens (including phenoxy) is 2. The monoisotopic (exact) mass is 243 g/mol. The molecule has 1 atom stereocenters. The molecule has 0 aromatic carbocycles. The van der Waals surface area contributed by atoms with Crippen LogP contribution in [0.25, 0.3) is 0 Å². The number of nitrogens with zero attached hydrogens (tertiary/aromatic N) is 1. The molecule has 0 aromatic heterocycles. The second-order valence-electron chi connectivity index (χ2n) is 3.29. The molecule has 0 bridgehead atoms. The van der Waals surface area contributed by atoms with E-state index >= 15 is 0 Å². The van der Waals surface area contributed by atoms with Gasteiger partial charge in [-0.25, -0.2) is 0 Å². The van der Waals surface area contributed by atoms with Crippen LogP contribution < -0.4 is 0 Å². The summed E-state index contributed by atoms with van der Waals surface area (Å²) in [6.45, 7) is 4.59. The van der Waals surface area contributed by atoms with Crippen LogP contribution in [0.15, 0.2) is 0 Å². The topological polar surface area (TPSA) is 21.7 Å². The van der Waals surface area contributed by atoms with E-state index in [1.807, 2.05) is 0 Å². The van der Waals surface area contributed by atoms with Gasteiger partial charge in [0.2, 0.25) is 0 Å². The third-order valence-electron chi connectivity index (χ3n) is 2.18. The van der Waals surface area contributed by atoms with Crippen molar-refractivity contribution in [1.29, 1.82) is 0 Å². The molecule has 3 nitrogen and oxygen atoms in total. The lowest BCUT2D eigenvalue weighted by Crippen LogP contribution is -2.44. The third-order valence-corrected chi connectivity index (χ3v) is 2.45. The van der Waals surface area contributed by atoms with E-state index in [4.69, 9.17) is 21.1 Å². The molecule has 1 heterocycles. The molecule has 5 heteroatoms. The Labute approximate surface area is 97.1 Å². The summed E-state index contributed by atoms with van der Waals surface area (Å²) in [4.78, 5) is 2.38. The number of hydrogen-bond acceptors (Lipinski definition) is 3. The van der Waals surface area contributed by atoms with E-state index in [0.29, 0.717) is 6.61 Å². The number of hydrogen-bond donors (Lipinski definition) is 0. The van der Waals surface area contributed by atoms with Crippen molar-refractivity contribution in [1.82, 2.24) is 4.90 Å². The van der Waals surface area contributed by atoms with E-state index < -0.39 is 0 Å². The Morgan fingerprint density at radius 1 is 1.57 bits per heavy atom. The van der Waals surface area contributed by atoms with Crippen LogP contribution in [-0.4, -0.2) is 56.8 Å². The first-order valence-corrected chi connectivity index (χ1v) is 5.29. The molecule has 0 N–H and O–H groups in total. The molecule has 0 amide bonds. The van der Waals surface area contributed by atoms with Crippen LogP contribution in [0.4, 0.5) is 0 Å². The Balaban J connectivity index is 0.00000169. The normalized spacial score (nSPS) is 23.1. The number of methoxy groups -OCH3 is 1. The van der Waals surface area contributed by atoms with Crippen molar-refractivity contribution in [3.8, 4) is 0 Å². The van der Waals surface area contributed by atoms with Crippen LogP contribution in [0, 0.1) is 0 Å². The van der Waals surface area contributed by atoms with Crippen molar-refractivity contribution in [3.05, 3.63) is 0 Å². The number of rotatable bonds is 5. The van der Waals surface area contributed by atoms with Gasteiger partial charge in [-0.15, -0.1) is 24.0 Å². The van der Waals surface area contributed by atoms with Gasteiger partial charge in [0.1, 0.15) is 0 Å². The van der Waals surface area contributed by atoms with E-state index in [9.17, 15) is 0 Å². The summed E-state index contributed by atoms with van der Waals surface area (Å²) in [6.07, 6.45) is 1.30. The molecule has 1 aliphatic heterocycles. The maximum Gasteiger partial charge on any atom is 0.0935 e. The average Bonchev–Trinajstić information content (AvgIpc) is 2.16. The highest BCUT2D eigenvalue weighted by Crippen LogP contribution is 2.06. The second-order valence-corrected chi connectivity index (χ2v) is 3.67. The minimum atomic E-state index is 0.